The molecule has 3 amide bonds. The van der Waals surface area contributed by atoms with E-state index < -0.39 is 48.1 Å². The monoisotopic (exact) mass is 499 g/mol. The Hall–Kier alpha value is -2.35. The maximum Gasteiger partial charge on any atom is 0.401 e. The van der Waals surface area contributed by atoms with Gasteiger partial charge in [0.25, 0.3) is 0 Å². The number of likely N-dealkylation sites (tertiary alicyclic amines) is 1. The van der Waals surface area contributed by atoms with Crippen molar-refractivity contribution >= 4 is 17.7 Å². The molecular weight excluding hydrogens is 463 g/mol. The van der Waals surface area contributed by atoms with Crippen LogP contribution in [0.2, 0.25) is 0 Å². The Morgan fingerprint density at radius 2 is 1.94 bits per heavy atom. The number of halogens is 3. The molecule has 1 saturated carbocycles. The van der Waals surface area contributed by atoms with Crippen LogP contribution < -0.4 is 16.0 Å². The van der Waals surface area contributed by atoms with Gasteiger partial charge in [-0.05, 0) is 41.9 Å². The fraction of sp³-hybridized carbons (Fsp3) is 0.833. The minimum atomic E-state index is -4.48. The molecule has 6 unspecified atom stereocenters. The minimum absolute atomic E-state index is 0.0510. The van der Waals surface area contributed by atoms with Crippen LogP contribution in [0.5, 0.6) is 0 Å². The summed E-state index contributed by atoms with van der Waals surface area (Å²) in [5.41, 5.74) is -1.02. The normalized spacial score (nSPS) is 29.5. The Bertz CT molecular complexity index is 892. The van der Waals surface area contributed by atoms with Crippen LogP contribution in [0.25, 0.3) is 0 Å². The molecule has 3 fully saturated rings. The zero-order valence-electron chi connectivity index (χ0n) is 21.0. The van der Waals surface area contributed by atoms with Gasteiger partial charge in [0, 0.05) is 19.0 Å². The lowest BCUT2D eigenvalue weighted by Crippen LogP contribution is -2.59. The van der Waals surface area contributed by atoms with Gasteiger partial charge in [0.05, 0.1) is 18.7 Å². The lowest BCUT2D eigenvalue weighted by Gasteiger charge is -2.38. The van der Waals surface area contributed by atoms with Gasteiger partial charge in [0.2, 0.25) is 17.7 Å². The summed E-state index contributed by atoms with van der Waals surface area (Å²) in [6.45, 7) is 8.58. The van der Waals surface area contributed by atoms with Gasteiger partial charge >= 0.3 is 6.18 Å². The topological polar surface area (TPSA) is 114 Å². The first-order valence-corrected chi connectivity index (χ1v) is 12.2. The van der Waals surface area contributed by atoms with E-state index in [0.717, 1.165) is 6.42 Å². The Morgan fingerprint density at radius 3 is 2.49 bits per heavy atom. The molecule has 3 aliphatic rings. The third-order valence-corrected chi connectivity index (χ3v) is 7.77. The van der Waals surface area contributed by atoms with Crippen LogP contribution >= 0.6 is 0 Å². The Labute approximate surface area is 204 Å². The molecule has 0 spiro atoms. The van der Waals surface area contributed by atoms with Crippen molar-refractivity contribution in [3.63, 3.8) is 0 Å². The van der Waals surface area contributed by atoms with Gasteiger partial charge in [-0.25, -0.2) is 0 Å². The van der Waals surface area contributed by atoms with E-state index in [1.807, 2.05) is 19.9 Å². The van der Waals surface area contributed by atoms with E-state index in [1.54, 1.807) is 20.8 Å². The molecule has 11 heteroatoms. The van der Waals surface area contributed by atoms with Crippen LogP contribution in [-0.2, 0) is 14.4 Å². The predicted octanol–water partition coefficient (Wildman–Crippen LogP) is 1.96. The van der Waals surface area contributed by atoms with Crippen molar-refractivity contribution in [2.75, 3.05) is 19.6 Å². The predicted molar refractivity (Wildman–Crippen MR) is 121 cm³/mol. The van der Waals surface area contributed by atoms with E-state index in [4.69, 9.17) is 0 Å². The van der Waals surface area contributed by atoms with Gasteiger partial charge in [-0.1, -0.05) is 34.6 Å². The number of hydrogen-bond donors (Lipinski definition) is 3. The molecule has 0 aromatic carbocycles. The minimum Gasteiger partial charge on any atom is -0.356 e. The van der Waals surface area contributed by atoms with Gasteiger partial charge in [0.15, 0.2) is 0 Å². The second-order valence-corrected chi connectivity index (χ2v) is 11.7. The van der Waals surface area contributed by atoms with Gasteiger partial charge in [-0.3, -0.25) is 19.7 Å². The van der Waals surface area contributed by atoms with Crippen molar-refractivity contribution in [2.45, 2.75) is 78.2 Å². The first-order chi connectivity index (χ1) is 16.1. The Balaban J connectivity index is 1.77. The van der Waals surface area contributed by atoms with Crippen molar-refractivity contribution in [3.8, 4) is 6.07 Å². The third kappa shape index (κ3) is 5.90. The highest BCUT2D eigenvalue weighted by Crippen LogP contribution is 2.65. The highest BCUT2D eigenvalue weighted by molar-refractivity contribution is 5.92. The largest absolute Gasteiger partial charge is 0.401 e. The molecule has 0 radical (unpaired) electrons. The second kappa shape index (κ2) is 9.60. The highest BCUT2D eigenvalue weighted by Gasteiger charge is 2.69. The van der Waals surface area contributed by atoms with Crippen molar-refractivity contribution in [2.24, 2.45) is 28.6 Å². The second-order valence-electron chi connectivity index (χ2n) is 11.7. The number of piperidine rings is 2. The van der Waals surface area contributed by atoms with Crippen molar-refractivity contribution in [1.29, 1.82) is 5.26 Å². The van der Waals surface area contributed by atoms with Crippen LogP contribution in [-0.4, -0.2) is 66.6 Å². The molecule has 35 heavy (non-hydrogen) atoms. The molecule has 3 rings (SSSR count). The van der Waals surface area contributed by atoms with Crippen LogP contribution in [0.1, 0.15) is 53.9 Å². The standard InChI is InChI=1S/C24H36F3N5O3/c1-22(2,3)18(30-12-24(25,26)27)21(35)32-11-15-16(23(15,4)5)17(32)20(34)31-14(10-28)9-13-7-6-8-29-19(13)33/h13-18,30H,6-9,11-12H2,1-5H3,(H,29,33)(H,31,34). The number of fused-ring (bicyclic) bond motifs is 1. The molecule has 2 saturated heterocycles. The number of nitriles is 1. The Kier molecular flexibility index (Phi) is 7.47. The summed E-state index contributed by atoms with van der Waals surface area (Å²) >= 11 is 0. The number of carbonyl (C=O) groups excluding carboxylic acids is 3. The molecule has 0 bridgehead atoms. The van der Waals surface area contributed by atoms with Crippen LogP contribution in [0, 0.1) is 39.9 Å². The van der Waals surface area contributed by atoms with Crippen LogP contribution in [0.3, 0.4) is 0 Å². The van der Waals surface area contributed by atoms with Gasteiger partial charge in [-0.15, -0.1) is 0 Å². The summed E-state index contributed by atoms with van der Waals surface area (Å²) in [7, 11) is 0. The molecule has 6 atom stereocenters. The SMILES string of the molecule is CC(C)(C)C(NCC(F)(F)F)C(=O)N1CC2C(C1C(=O)NC(C#N)CC1CCCNC1=O)C2(C)C. The van der Waals surface area contributed by atoms with Crippen LogP contribution in [0.15, 0.2) is 0 Å². The average molecular weight is 500 g/mol. The number of amides is 3. The Morgan fingerprint density at radius 1 is 1.29 bits per heavy atom. The van der Waals surface area contributed by atoms with Gasteiger partial charge in [0.1, 0.15) is 12.1 Å². The van der Waals surface area contributed by atoms with E-state index in [0.29, 0.717) is 13.0 Å². The highest BCUT2D eigenvalue weighted by atomic mass is 19.4. The van der Waals surface area contributed by atoms with Crippen molar-refractivity contribution in [1.82, 2.24) is 20.9 Å². The first-order valence-electron chi connectivity index (χ1n) is 12.2. The first kappa shape index (κ1) is 27.2. The number of hydrogen-bond acceptors (Lipinski definition) is 5. The maximum absolute atomic E-state index is 13.5. The number of rotatable bonds is 7. The lowest BCUT2D eigenvalue weighted by molar-refractivity contribution is -0.147. The summed E-state index contributed by atoms with van der Waals surface area (Å²) < 4.78 is 38.7. The number of alkyl halides is 3. The summed E-state index contributed by atoms with van der Waals surface area (Å²) in [6, 6.07) is -0.877. The fourth-order valence-corrected chi connectivity index (χ4v) is 5.71. The molecule has 2 heterocycles. The third-order valence-electron chi connectivity index (χ3n) is 7.77. The number of carbonyl (C=O) groups is 3. The van der Waals surface area contributed by atoms with E-state index in [9.17, 15) is 32.8 Å². The summed E-state index contributed by atoms with van der Waals surface area (Å²) in [5.74, 6) is -1.66. The zero-order chi connectivity index (χ0) is 26.3. The molecule has 3 N–H and O–H groups in total. The summed E-state index contributed by atoms with van der Waals surface area (Å²) in [6.07, 6.45) is -2.89. The van der Waals surface area contributed by atoms with Crippen LogP contribution in [0.4, 0.5) is 13.2 Å². The van der Waals surface area contributed by atoms with E-state index in [2.05, 4.69) is 16.0 Å². The molecular formula is C24H36F3N5O3. The smallest absolute Gasteiger partial charge is 0.356 e. The van der Waals surface area contributed by atoms with E-state index in [-0.39, 0.29) is 42.0 Å². The lowest BCUT2D eigenvalue weighted by atomic mass is 9.85. The summed E-state index contributed by atoms with van der Waals surface area (Å²) in [4.78, 5) is 40.4. The summed E-state index contributed by atoms with van der Waals surface area (Å²) in [5, 5.41) is 17.5. The van der Waals surface area contributed by atoms with Gasteiger partial charge in [-0.2, -0.15) is 18.4 Å². The fourth-order valence-electron chi connectivity index (χ4n) is 5.71. The molecule has 1 aliphatic carbocycles. The molecule has 0 aromatic heterocycles. The quantitative estimate of drug-likeness (QED) is 0.496. The van der Waals surface area contributed by atoms with Gasteiger partial charge < -0.3 is 15.5 Å². The molecule has 8 nitrogen and oxygen atoms in total. The average Bonchev–Trinajstić information content (AvgIpc) is 3.08. The molecule has 0 aromatic rings. The zero-order valence-corrected chi connectivity index (χ0v) is 21.0. The molecule has 196 valence electrons. The van der Waals surface area contributed by atoms with E-state index in [1.165, 1.54) is 4.90 Å². The number of nitrogens with one attached hydrogen (secondary N) is 3. The van der Waals surface area contributed by atoms with E-state index >= 15 is 0 Å². The van der Waals surface area contributed by atoms with Crippen molar-refractivity contribution < 1.29 is 27.6 Å². The molecule has 2 aliphatic heterocycles. The van der Waals surface area contributed by atoms with Crippen molar-refractivity contribution in [3.05, 3.63) is 0 Å². The number of nitrogens with zero attached hydrogens (tertiary/aromatic N) is 2. The maximum atomic E-state index is 13.5.